The van der Waals surface area contributed by atoms with Gasteiger partial charge in [-0.1, -0.05) is 29.3 Å². The van der Waals surface area contributed by atoms with Crippen LogP contribution >= 0.6 is 46.3 Å². The van der Waals surface area contributed by atoms with Crippen LogP contribution in [0.4, 0.5) is 0 Å². The topological polar surface area (TPSA) is 78.9 Å². The number of aromatic carboxylic acids is 1. The number of benzene rings is 1. The first-order valence-electron chi connectivity index (χ1n) is 8.91. The number of morpholine rings is 1. The first-order chi connectivity index (χ1) is 13.9. The molecule has 0 radical (unpaired) electrons. The highest BCUT2D eigenvalue weighted by Crippen LogP contribution is 2.27. The predicted octanol–water partition coefficient (Wildman–Crippen LogP) is 3.86. The average molecular weight is 475 g/mol. The number of amides is 1. The maximum absolute atomic E-state index is 12.1. The molecule has 1 aliphatic heterocycles. The minimum absolute atomic E-state index is 0.0826. The highest BCUT2D eigenvalue weighted by Gasteiger charge is 2.21. The molecule has 0 unspecified atom stereocenters. The van der Waals surface area contributed by atoms with Crippen LogP contribution in [0.5, 0.6) is 0 Å². The number of ether oxygens (including phenoxy) is 1. The summed E-state index contributed by atoms with van der Waals surface area (Å²) in [5, 5.41) is 12.9. The molecule has 1 atom stereocenters. The van der Waals surface area contributed by atoms with Gasteiger partial charge >= 0.3 is 5.97 Å². The minimum atomic E-state index is -0.953. The summed E-state index contributed by atoms with van der Waals surface area (Å²) in [7, 11) is 0. The molecule has 1 aromatic carbocycles. The smallest absolute Gasteiger partial charge is 0.345 e. The van der Waals surface area contributed by atoms with E-state index in [1.165, 1.54) is 23.1 Å². The van der Waals surface area contributed by atoms with E-state index in [1.54, 1.807) is 18.2 Å². The Balaban J connectivity index is 1.40. The molecule has 3 rings (SSSR count). The van der Waals surface area contributed by atoms with Gasteiger partial charge in [0.1, 0.15) is 4.88 Å². The summed E-state index contributed by atoms with van der Waals surface area (Å²) in [6, 6.07) is 8.89. The number of rotatable bonds is 8. The molecule has 1 aromatic heterocycles. The molecule has 1 fully saturated rings. The van der Waals surface area contributed by atoms with Crippen LogP contribution in [0.3, 0.4) is 0 Å². The number of nitrogens with zero attached hydrogens (tertiary/aromatic N) is 1. The quantitative estimate of drug-likeness (QED) is 0.565. The zero-order chi connectivity index (χ0) is 20.8. The van der Waals surface area contributed by atoms with Crippen LogP contribution < -0.4 is 5.32 Å². The fourth-order valence-corrected chi connectivity index (χ4v) is 4.99. The lowest BCUT2D eigenvalue weighted by Gasteiger charge is -2.33. The third kappa shape index (κ3) is 6.87. The van der Waals surface area contributed by atoms with Gasteiger partial charge in [0.25, 0.3) is 0 Å². The van der Waals surface area contributed by atoms with Gasteiger partial charge in [-0.2, -0.15) is 0 Å². The van der Waals surface area contributed by atoms with Gasteiger partial charge in [0.2, 0.25) is 5.91 Å². The zero-order valence-corrected chi connectivity index (χ0v) is 18.5. The molecule has 29 heavy (non-hydrogen) atoms. The molecule has 156 valence electrons. The van der Waals surface area contributed by atoms with Gasteiger partial charge in [-0.15, -0.1) is 23.1 Å². The third-order valence-electron chi connectivity index (χ3n) is 4.28. The van der Waals surface area contributed by atoms with E-state index >= 15 is 0 Å². The minimum Gasteiger partial charge on any atom is -0.477 e. The van der Waals surface area contributed by atoms with Crippen LogP contribution in [0.15, 0.2) is 34.5 Å². The Morgan fingerprint density at radius 3 is 2.83 bits per heavy atom. The van der Waals surface area contributed by atoms with Crippen molar-refractivity contribution in [2.24, 2.45) is 0 Å². The molecule has 10 heteroatoms. The summed E-state index contributed by atoms with van der Waals surface area (Å²) >= 11 is 14.5. The standard InChI is InChI=1S/C19H20Cl2N2O4S2/c20-14-2-1-12(7-15(14)21)9-23-5-6-27-13(10-23)8-22-17(24)11-28-18-4-3-16(29-18)19(25)26/h1-4,7,13H,5-6,8-11H2,(H,22,24)(H,25,26)/t13-/m0/s1. The Bertz CT molecular complexity index is 878. The Hall–Kier alpha value is -1.29. The van der Waals surface area contributed by atoms with Crippen molar-refractivity contribution in [1.29, 1.82) is 0 Å². The normalized spacial score (nSPS) is 17.2. The molecule has 6 nitrogen and oxygen atoms in total. The predicted molar refractivity (Wildman–Crippen MR) is 116 cm³/mol. The van der Waals surface area contributed by atoms with E-state index in [-0.39, 0.29) is 22.6 Å². The number of thiophene rings is 1. The number of hydrogen-bond acceptors (Lipinski definition) is 6. The van der Waals surface area contributed by atoms with E-state index in [4.69, 9.17) is 33.0 Å². The van der Waals surface area contributed by atoms with Crippen LogP contribution in [0.1, 0.15) is 15.2 Å². The third-order valence-corrected chi connectivity index (χ3v) is 7.32. The first-order valence-corrected chi connectivity index (χ1v) is 11.5. The largest absolute Gasteiger partial charge is 0.477 e. The number of halogens is 2. The van der Waals surface area contributed by atoms with Gasteiger partial charge in [-0.3, -0.25) is 9.69 Å². The average Bonchev–Trinajstić information content (AvgIpc) is 3.17. The molecule has 0 bridgehead atoms. The molecule has 0 aliphatic carbocycles. The summed E-state index contributed by atoms with van der Waals surface area (Å²) in [6.07, 6.45) is -0.0826. The number of thioether (sulfide) groups is 1. The van der Waals surface area contributed by atoms with Gasteiger partial charge in [-0.25, -0.2) is 4.79 Å². The monoisotopic (exact) mass is 474 g/mol. The molecular weight excluding hydrogens is 455 g/mol. The number of carbonyl (C=O) groups excluding carboxylic acids is 1. The molecule has 1 amide bonds. The van der Waals surface area contributed by atoms with Crippen LogP contribution in [0.2, 0.25) is 10.0 Å². The Morgan fingerprint density at radius 2 is 2.10 bits per heavy atom. The van der Waals surface area contributed by atoms with Gasteiger partial charge < -0.3 is 15.2 Å². The van der Waals surface area contributed by atoms with E-state index in [1.807, 2.05) is 12.1 Å². The number of carboxylic acid groups (broad SMARTS) is 1. The fourth-order valence-electron chi connectivity index (χ4n) is 2.87. The van der Waals surface area contributed by atoms with Gasteiger partial charge in [0, 0.05) is 26.2 Å². The van der Waals surface area contributed by atoms with E-state index in [2.05, 4.69) is 10.2 Å². The maximum atomic E-state index is 12.1. The van der Waals surface area contributed by atoms with E-state index in [0.717, 1.165) is 22.9 Å². The summed E-state index contributed by atoms with van der Waals surface area (Å²) in [5.74, 6) is -0.823. The van der Waals surface area contributed by atoms with Crippen molar-refractivity contribution in [3.8, 4) is 0 Å². The van der Waals surface area contributed by atoms with E-state index in [9.17, 15) is 9.59 Å². The lowest BCUT2D eigenvalue weighted by Crippen LogP contribution is -2.47. The van der Waals surface area contributed by atoms with Crippen LogP contribution in [-0.2, 0) is 16.1 Å². The molecular formula is C19H20Cl2N2O4S2. The van der Waals surface area contributed by atoms with Crippen molar-refractivity contribution >= 4 is 58.2 Å². The Morgan fingerprint density at radius 1 is 1.28 bits per heavy atom. The van der Waals surface area contributed by atoms with Crippen LogP contribution in [0, 0.1) is 0 Å². The Labute approximate surface area is 187 Å². The lowest BCUT2D eigenvalue weighted by molar-refractivity contribution is -0.119. The second-order valence-electron chi connectivity index (χ2n) is 6.49. The number of hydrogen-bond donors (Lipinski definition) is 2. The summed E-state index contributed by atoms with van der Waals surface area (Å²) in [5.41, 5.74) is 1.08. The number of carbonyl (C=O) groups is 2. The van der Waals surface area contributed by atoms with Crippen molar-refractivity contribution in [2.45, 2.75) is 16.9 Å². The van der Waals surface area contributed by atoms with E-state index in [0.29, 0.717) is 29.7 Å². The lowest BCUT2D eigenvalue weighted by atomic mass is 10.2. The van der Waals surface area contributed by atoms with Crippen LogP contribution in [-0.4, -0.2) is 60.0 Å². The first kappa shape index (κ1) is 22.4. The SMILES string of the molecule is O=C(CSc1ccc(C(=O)O)s1)NC[C@H]1CN(Cc2ccc(Cl)c(Cl)c2)CCO1. The molecule has 1 aliphatic rings. The highest BCUT2D eigenvalue weighted by atomic mass is 35.5. The van der Waals surface area contributed by atoms with Crippen LogP contribution in [0.25, 0.3) is 0 Å². The summed E-state index contributed by atoms with van der Waals surface area (Å²) in [4.78, 5) is 25.5. The molecule has 1 saturated heterocycles. The highest BCUT2D eigenvalue weighted by molar-refractivity contribution is 8.01. The number of carboxylic acids is 1. The van der Waals surface area contributed by atoms with Gasteiger partial charge in [0.15, 0.2) is 0 Å². The summed E-state index contributed by atoms with van der Waals surface area (Å²) in [6.45, 7) is 3.29. The summed E-state index contributed by atoms with van der Waals surface area (Å²) < 4.78 is 6.56. The van der Waals surface area contributed by atoms with Gasteiger partial charge in [-0.05, 0) is 29.8 Å². The van der Waals surface area contributed by atoms with E-state index < -0.39 is 5.97 Å². The second kappa shape index (κ2) is 10.7. The number of nitrogens with one attached hydrogen (secondary N) is 1. The van der Waals surface area contributed by atoms with Crippen molar-refractivity contribution < 1.29 is 19.4 Å². The van der Waals surface area contributed by atoms with Crippen molar-refractivity contribution in [1.82, 2.24) is 10.2 Å². The van der Waals surface area contributed by atoms with Crippen molar-refractivity contribution in [3.05, 3.63) is 50.8 Å². The second-order valence-corrected chi connectivity index (χ2v) is 9.67. The Kier molecular flexibility index (Phi) is 8.23. The van der Waals surface area contributed by atoms with Gasteiger partial charge in [0.05, 0.1) is 32.7 Å². The molecule has 2 heterocycles. The fraction of sp³-hybridized carbons (Fsp3) is 0.368. The molecule has 2 aromatic rings. The molecule has 0 saturated carbocycles. The maximum Gasteiger partial charge on any atom is 0.345 e. The molecule has 0 spiro atoms. The van der Waals surface area contributed by atoms with Crippen molar-refractivity contribution in [2.75, 3.05) is 32.0 Å². The zero-order valence-electron chi connectivity index (χ0n) is 15.4. The van der Waals surface area contributed by atoms with Crippen molar-refractivity contribution in [3.63, 3.8) is 0 Å². The molecule has 2 N–H and O–H groups in total.